The Labute approximate surface area is 93.4 Å². The normalized spacial score (nSPS) is 14.9. The molecule has 2 rings (SSSR count). The number of ether oxygens (including phenoxy) is 1. The van der Waals surface area contributed by atoms with Crippen LogP contribution in [0, 0.1) is 12.7 Å². The van der Waals surface area contributed by atoms with Crippen LogP contribution in [0.2, 0.25) is 0 Å². The summed E-state index contributed by atoms with van der Waals surface area (Å²) >= 11 is 0. The second-order valence-corrected chi connectivity index (χ2v) is 4.15. The van der Waals surface area contributed by atoms with Crippen molar-refractivity contribution in [1.29, 1.82) is 0 Å². The quantitative estimate of drug-likeness (QED) is 0.618. The largest absolute Gasteiger partial charge is 0.465 e. The molecule has 1 aliphatic rings. The zero-order chi connectivity index (χ0) is 11.9. The molecule has 0 aliphatic heterocycles. The third kappa shape index (κ3) is 1.64. The minimum atomic E-state index is -0.677. The van der Waals surface area contributed by atoms with Gasteiger partial charge in [0.1, 0.15) is 5.56 Å². The maximum atomic E-state index is 13.9. The molecule has 3 nitrogen and oxygen atoms in total. The monoisotopic (exact) mass is 223 g/mol. The Morgan fingerprint density at radius 2 is 2.19 bits per heavy atom. The van der Waals surface area contributed by atoms with E-state index in [4.69, 9.17) is 5.73 Å². The summed E-state index contributed by atoms with van der Waals surface area (Å²) in [7, 11) is 1.23. The van der Waals surface area contributed by atoms with Gasteiger partial charge in [-0.25, -0.2) is 9.18 Å². The number of nitrogen functional groups attached to an aromatic ring is 1. The lowest BCUT2D eigenvalue weighted by molar-refractivity contribution is 0.0594. The number of hydrogen-bond donors (Lipinski definition) is 1. The van der Waals surface area contributed by atoms with Crippen LogP contribution in [0.15, 0.2) is 6.07 Å². The van der Waals surface area contributed by atoms with Crippen molar-refractivity contribution in [3.05, 3.63) is 28.6 Å². The molecule has 0 spiro atoms. The van der Waals surface area contributed by atoms with Gasteiger partial charge in [0.25, 0.3) is 0 Å². The number of carbonyl (C=O) groups excluding carboxylic acids is 1. The number of anilines is 1. The zero-order valence-electron chi connectivity index (χ0n) is 9.34. The van der Waals surface area contributed by atoms with Gasteiger partial charge in [-0.3, -0.25) is 0 Å². The van der Waals surface area contributed by atoms with E-state index in [2.05, 4.69) is 4.74 Å². The molecule has 0 heterocycles. The van der Waals surface area contributed by atoms with Crippen LogP contribution in [0.1, 0.15) is 40.2 Å². The summed E-state index contributed by atoms with van der Waals surface area (Å²) < 4.78 is 18.5. The number of carbonyl (C=O) groups is 1. The summed E-state index contributed by atoms with van der Waals surface area (Å²) in [5.41, 5.74) is 7.15. The van der Waals surface area contributed by atoms with E-state index in [9.17, 15) is 9.18 Å². The molecule has 4 heteroatoms. The molecule has 0 aromatic heterocycles. The first-order valence-corrected chi connectivity index (χ1v) is 5.23. The predicted molar refractivity (Wildman–Crippen MR) is 58.9 cm³/mol. The Bertz CT molecular complexity index is 453. The van der Waals surface area contributed by atoms with Crippen molar-refractivity contribution in [2.75, 3.05) is 12.8 Å². The lowest BCUT2D eigenvalue weighted by atomic mass is 9.99. The number of hydrogen-bond acceptors (Lipinski definition) is 3. The van der Waals surface area contributed by atoms with E-state index in [0.717, 1.165) is 18.4 Å². The molecule has 16 heavy (non-hydrogen) atoms. The summed E-state index contributed by atoms with van der Waals surface area (Å²) in [6.45, 7) is 1.70. The molecule has 0 atom stereocenters. The zero-order valence-corrected chi connectivity index (χ0v) is 9.34. The fraction of sp³-hybridized carbons (Fsp3) is 0.417. The minimum Gasteiger partial charge on any atom is -0.465 e. The van der Waals surface area contributed by atoms with Crippen LogP contribution in [0.4, 0.5) is 10.1 Å². The third-order valence-electron chi connectivity index (χ3n) is 2.94. The van der Waals surface area contributed by atoms with Crippen molar-refractivity contribution in [3.63, 3.8) is 0 Å². The van der Waals surface area contributed by atoms with Crippen molar-refractivity contribution >= 4 is 11.7 Å². The van der Waals surface area contributed by atoms with E-state index in [-0.39, 0.29) is 11.3 Å². The van der Waals surface area contributed by atoms with Gasteiger partial charge >= 0.3 is 5.97 Å². The Morgan fingerprint density at radius 3 is 2.69 bits per heavy atom. The SMILES string of the molecule is COC(=O)c1c(C)cc(C2CC2)c(N)c1F. The smallest absolute Gasteiger partial charge is 0.341 e. The van der Waals surface area contributed by atoms with Gasteiger partial charge in [-0.2, -0.15) is 0 Å². The highest BCUT2D eigenvalue weighted by molar-refractivity contribution is 5.92. The molecule has 0 saturated heterocycles. The highest BCUT2D eigenvalue weighted by Gasteiger charge is 2.29. The van der Waals surface area contributed by atoms with E-state index < -0.39 is 11.8 Å². The van der Waals surface area contributed by atoms with Crippen LogP contribution in [0.3, 0.4) is 0 Å². The lowest BCUT2D eigenvalue weighted by Crippen LogP contribution is -2.11. The van der Waals surface area contributed by atoms with E-state index in [1.165, 1.54) is 7.11 Å². The van der Waals surface area contributed by atoms with Gasteiger partial charge in [-0.15, -0.1) is 0 Å². The van der Waals surface area contributed by atoms with Gasteiger partial charge in [0.05, 0.1) is 12.8 Å². The number of esters is 1. The fourth-order valence-electron chi connectivity index (χ4n) is 1.90. The van der Waals surface area contributed by atoms with Crippen molar-refractivity contribution in [2.45, 2.75) is 25.7 Å². The van der Waals surface area contributed by atoms with Crippen molar-refractivity contribution in [2.24, 2.45) is 0 Å². The molecule has 2 N–H and O–H groups in total. The maximum Gasteiger partial charge on any atom is 0.341 e. The molecule has 1 aromatic carbocycles. The van der Waals surface area contributed by atoms with Crippen LogP contribution in [-0.2, 0) is 4.74 Å². The summed E-state index contributed by atoms with van der Waals surface area (Å²) in [6.07, 6.45) is 2.08. The average molecular weight is 223 g/mol. The second kappa shape index (κ2) is 3.77. The van der Waals surface area contributed by atoms with Gasteiger partial charge < -0.3 is 10.5 Å². The first kappa shape index (κ1) is 10.9. The van der Waals surface area contributed by atoms with Crippen LogP contribution < -0.4 is 5.73 Å². The van der Waals surface area contributed by atoms with Crippen LogP contribution in [-0.4, -0.2) is 13.1 Å². The Morgan fingerprint density at radius 1 is 1.56 bits per heavy atom. The number of methoxy groups -OCH3 is 1. The van der Waals surface area contributed by atoms with Crippen molar-refractivity contribution < 1.29 is 13.9 Å². The first-order chi connectivity index (χ1) is 7.56. The summed E-state index contributed by atoms with van der Waals surface area (Å²) in [6, 6.07) is 1.79. The van der Waals surface area contributed by atoms with E-state index >= 15 is 0 Å². The van der Waals surface area contributed by atoms with Crippen molar-refractivity contribution in [1.82, 2.24) is 0 Å². The standard InChI is InChI=1S/C12H14FNO2/c1-6-5-8(7-3-4-7)11(14)10(13)9(6)12(15)16-2/h5,7H,3-4,14H2,1-2H3. The van der Waals surface area contributed by atoms with Gasteiger partial charge in [-0.1, -0.05) is 6.07 Å². The summed E-state index contributed by atoms with van der Waals surface area (Å²) in [5.74, 6) is -0.960. The van der Waals surface area contributed by atoms with Crippen molar-refractivity contribution in [3.8, 4) is 0 Å². The summed E-state index contributed by atoms with van der Waals surface area (Å²) in [4.78, 5) is 11.4. The van der Waals surface area contributed by atoms with Gasteiger partial charge in [0, 0.05) is 0 Å². The molecule has 0 unspecified atom stereocenters. The Hall–Kier alpha value is -1.58. The summed E-state index contributed by atoms with van der Waals surface area (Å²) in [5, 5.41) is 0. The molecule has 1 saturated carbocycles. The minimum absolute atomic E-state index is 0.0515. The molecule has 0 bridgehead atoms. The van der Waals surface area contributed by atoms with E-state index in [1.807, 2.05) is 0 Å². The molecular weight excluding hydrogens is 209 g/mol. The van der Waals surface area contributed by atoms with Crippen LogP contribution in [0.25, 0.3) is 0 Å². The predicted octanol–water partition coefficient (Wildman–Crippen LogP) is 2.38. The van der Waals surface area contributed by atoms with E-state index in [1.54, 1.807) is 13.0 Å². The first-order valence-electron chi connectivity index (χ1n) is 5.23. The fourth-order valence-corrected chi connectivity index (χ4v) is 1.90. The van der Waals surface area contributed by atoms with Crippen LogP contribution in [0.5, 0.6) is 0 Å². The second-order valence-electron chi connectivity index (χ2n) is 4.15. The number of halogens is 1. The molecule has 0 radical (unpaired) electrons. The Kier molecular flexibility index (Phi) is 2.58. The molecule has 1 aromatic rings. The van der Waals surface area contributed by atoms with E-state index in [0.29, 0.717) is 11.5 Å². The number of aryl methyl sites for hydroxylation is 1. The maximum absolute atomic E-state index is 13.9. The third-order valence-corrected chi connectivity index (χ3v) is 2.94. The molecule has 1 aliphatic carbocycles. The molecule has 86 valence electrons. The highest BCUT2D eigenvalue weighted by atomic mass is 19.1. The Balaban J connectivity index is 2.55. The molecule has 0 amide bonds. The van der Waals surface area contributed by atoms with Crippen LogP contribution >= 0.6 is 0 Å². The van der Waals surface area contributed by atoms with Gasteiger partial charge in [0.2, 0.25) is 0 Å². The number of rotatable bonds is 2. The number of benzene rings is 1. The van der Waals surface area contributed by atoms with Gasteiger partial charge in [-0.05, 0) is 36.8 Å². The lowest BCUT2D eigenvalue weighted by Gasteiger charge is -2.11. The average Bonchev–Trinajstić information content (AvgIpc) is 3.07. The van der Waals surface area contributed by atoms with Gasteiger partial charge in [0.15, 0.2) is 5.82 Å². The highest BCUT2D eigenvalue weighted by Crippen LogP contribution is 2.44. The topological polar surface area (TPSA) is 52.3 Å². The number of nitrogens with two attached hydrogens (primary N) is 1. The molecular formula is C12H14FNO2. The molecule has 1 fully saturated rings.